The minimum atomic E-state index is -0.263. The largest absolute Gasteiger partial charge is 0.351 e. The van der Waals surface area contributed by atoms with Gasteiger partial charge in [0, 0.05) is 48.2 Å². The highest BCUT2D eigenvalue weighted by Gasteiger charge is 2.40. The highest BCUT2D eigenvalue weighted by atomic mass is 35.5. The van der Waals surface area contributed by atoms with Crippen molar-refractivity contribution in [1.29, 1.82) is 0 Å². The average Bonchev–Trinajstić information content (AvgIpc) is 3.08. The van der Waals surface area contributed by atoms with Gasteiger partial charge < -0.3 is 20.9 Å². The second-order valence-electron chi connectivity index (χ2n) is 13.1. The molecule has 2 aliphatic rings. The summed E-state index contributed by atoms with van der Waals surface area (Å²) in [6.07, 6.45) is 7.11. The summed E-state index contributed by atoms with van der Waals surface area (Å²) >= 11 is 6.13. The summed E-state index contributed by atoms with van der Waals surface area (Å²) in [5.41, 5.74) is 9.58. The van der Waals surface area contributed by atoms with Crippen molar-refractivity contribution < 1.29 is 14.4 Å². The lowest BCUT2D eigenvalue weighted by molar-refractivity contribution is -0.146. The SMILES string of the molecule is CC(c1cccc(-c2ccccc2C(=O)NCCN)c1)N(C(=O)Cc1ccc(Cl)cc1)C1CCN(C(=O)C2(C)CCCCC2)CC1.Cl. The highest BCUT2D eigenvalue weighted by Crippen LogP contribution is 2.39. The van der Waals surface area contributed by atoms with Gasteiger partial charge in [0.1, 0.15) is 0 Å². The van der Waals surface area contributed by atoms with Crippen LogP contribution in [0.15, 0.2) is 72.8 Å². The summed E-state index contributed by atoms with van der Waals surface area (Å²) in [5.74, 6) is 0.160. The molecule has 252 valence electrons. The molecule has 0 aromatic heterocycles. The predicted octanol–water partition coefficient (Wildman–Crippen LogP) is 7.21. The Hall–Kier alpha value is -3.39. The van der Waals surface area contributed by atoms with Crippen molar-refractivity contribution in [1.82, 2.24) is 15.1 Å². The molecule has 0 radical (unpaired) electrons. The van der Waals surface area contributed by atoms with Gasteiger partial charge in [-0.05, 0) is 79.1 Å². The van der Waals surface area contributed by atoms with Gasteiger partial charge in [-0.15, -0.1) is 12.4 Å². The number of nitrogens with zero attached hydrogens (tertiary/aromatic N) is 2. The maximum absolute atomic E-state index is 14.2. The van der Waals surface area contributed by atoms with E-state index in [1.165, 1.54) is 6.42 Å². The molecule has 5 rings (SSSR count). The van der Waals surface area contributed by atoms with Crippen LogP contribution in [0.2, 0.25) is 5.02 Å². The first-order chi connectivity index (χ1) is 22.2. The zero-order valence-electron chi connectivity index (χ0n) is 27.6. The quantitative estimate of drug-likeness (QED) is 0.237. The summed E-state index contributed by atoms with van der Waals surface area (Å²) in [7, 11) is 0. The van der Waals surface area contributed by atoms with E-state index in [0.717, 1.165) is 60.8 Å². The van der Waals surface area contributed by atoms with Crippen molar-refractivity contribution in [3.63, 3.8) is 0 Å². The molecule has 1 unspecified atom stereocenters. The molecule has 1 atom stereocenters. The predicted molar refractivity (Wildman–Crippen MR) is 192 cm³/mol. The van der Waals surface area contributed by atoms with Crippen LogP contribution in [-0.4, -0.2) is 59.7 Å². The van der Waals surface area contributed by atoms with Crippen LogP contribution >= 0.6 is 24.0 Å². The van der Waals surface area contributed by atoms with Crippen molar-refractivity contribution in [2.24, 2.45) is 11.1 Å². The maximum Gasteiger partial charge on any atom is 0.251 e. The molecule has 7 nitrogen and oxygen atoms in total. The van der Waals surface area contributed by atoms with Crippen molar-refractivity contribution in [3.05, 3.63) is 94.5 Å². The van der Waals surface area contributed by atoms with E-state index in [4.69, 9.17) is 17.3 Å². The van der Waals surface area contributed by atoms with E-state index < -0.39 is 0 Å². The van der Waals surface area contributed by atoms with Crippen LogP contribution in [-0.2, 0) is 16.0 Å². The topological polar surface area (TPSA) is 95.7 Å². The Morgan fingerprint density at radius 2 is 1.66 bits per heavy atom. The third-order valence-corrected chi connectivity index (χ3v) is 10.1. The summed E-state index contributed by atoms with van der Waals surface area (Å²) in [5, 5.41) is 3.52. The van der Waals surface area contributed by atoms with E-state index in [9.17, 15) is 14.4 Å². The number of carbonyl (C=O) groups is 3. The fourth-order valence-corrected chi connectivity index (χ4v) is 7.35. The molecule has 1 aliphatic heterocycles. The number of rotatable bonds is 10. The van der Waals surface area contributed by atoms with Gasteiger partial charge in [0.2, 0.25) is 11.8 Å². The van der Waals surface area contributed by atoms with Crippen molar-refractivity contribution in [2.45, 2.75) is 77.3 Å². The van der Waals surface area contributed by atoms with Gasteiger partial charge in [-0.2, -0.15) is 0 Å². The molecular weight excluding hydrogens is 631 g/mol. The second kappa shape index (κ2) is 16.6. The number of hydrogen-bond acceptors (Lipinski definition) is 4. The zero-order chi connectivity index (χ0) is 32.7. The number of amides is 3. The van der Waals surface area contributed by atoms with E-state index in [-0.39, 0.29) is 54.0 Å². The highest BCUT2D eigenvalue weighted by molar-refractivity contribution is 6.30. The molecule has 3 amide bonds. The third-order valence-electron chi connectivity index (χ3n) is 9.87. The third kappa shape index (κ3) is 8.75. The molecule has 3 N–H and O–H groups in total. The van der Waals surface area contributed by atoms with Crippen molar-refractivity contribution >= 4 is 41.7 Å². The van der Waals surface area contributed by atoms with E-state index >= 15 is 0 Å². The number of halogens is 2. The number of likely N-dealkylation sites (tertiary alicyclic amines) is 1. The molecule has 1 saturated heterocycles. The molecule has 1 saturated carbocycles. The molecule has 2 fully saturated rings. The Morgan fingerprint density at radius 1 is 0.979 bits per heavy atom. The second-order valence-corrected chi connectivity index (χ2v) is 13.6. The number of benzene rings is 3. The van der Waals surface area contributed by atoms with Crippen LogP contribution in [0.1, 0.15) is 86.3 Å². The van der Waals surface area contributed by atoms with Crippen LogP contribution in [0.4, 0.5) is 0 Å². The summed E-state index contributed by atoms with van der Waals surface area (Å²) in [6.45, 7) is 6.30. The van der Waals surface area contributed by atoms with Crippen molar-refractivity contribution in [3.8, 4) is 11.1 Å². The van der Waals surface area contributed by atoms with Gasteiger partial charge in [0.25, 0.3) is 5.91 Å². The maximum atomic E-state index is 14.2. The fourth-order valence-electron chi connectivity index (χ4n) is 7.22. The van der Waals surface area contributed by atoms with E-state index in [1.807, 2.05) is 70.5 Å². The van der Waals surface area contributed by atoms with Gasteiger partial charge in [0.15, 0.2) is 0 Å². The zero-order valence-corrected chi connectivity index (χ0v) is 29.1. The Morgan fingerprint density at radius 3 is 2.34 bits per heavy atom. The van der Waals surface area contributed by atoms with Gasteiger partial charge >= 0.3 is 0 Å². The summed E-state index contributed by atoms with van der Waals surface area (Å²) in [6, 6.07) is 22.9. The van der Waals surface area contributed by atoms with Crippen LogP contribution in [0.25, 0.3) is 11.1 Å². The van der Waals surface area contributed by atoms with Crippen LogP contribution < -0.4 is 11.1 Å². The molecule has 3 aromatic carbocycles. The molecule has 1 heterocycles. The minimum absolute atomic E-state index is 0. The monoisotopic (exact) mass is 678 g/mol. The summed E-state index contributed by atoms with van der Waals surface area (Å²) in [4.78, 5) is 44.8. The smallest absolute Gasteiger partial charge is 0.251 e. The van der Waals surface area contributed by atoms with Crippen LogP contribution in [0, 0.1) is 5.41 Å². The van der Waals surface area contributed by atoms with Gasteiger partial charge in [0.05, 0.1) is 12.5 Å². The van der Waals surface area contributed by atoms with Gasteiger partial charge in [-0.3, -0.25) is 14.4 Å². The molecular formula is C38H48Cl2N4O3. The number of hydrogen-bond donors (Lipinski definition) is 2. The van der Waals surface area contributed by atoms with Crippen LogP contribution in [0.5, 0.6) is 0 Å². The van der Waals surface area contributed by atoms with E-state index in [2.05, 4.69) is 31.3 Å². The molecule has 0 spiro atoms. The molecule has 47 heavy (non-hydrogen) atoms. The molecule has 1 aliphatic carbocycles. The van der Waals surface area contributed by atoms with Crippen molar-refractivity contribution in [2.75, 3.05) is 26.2 Å². The Labute approximate surface area is 290 Å². The Balaban J connectivity index is 0.00000500. The number of nitrogens with two attached hydrogens (primary N) is 1. The first-order valence-electron chi connectivity index (χ1n) is 16.7. The summed E-state index contributed by atoms with van der Waals surface area (Å²) < 4.78 is 0. The fraction of sp³-hybridized carbons (Fsp3) is 0.447. The minimum Gasteiger partial charge on any atom is -0.351 e. The van der Waals surface area contributed by atoms with Crippen LogP contribution in [0.3, 0.4) is 0 Å². The molecule has 0 bridgehead atoms. The molecule has 9 heteroatoms. The Bertz CT molecular complexity index is 1520. The van der Waals surface area contributed by atoms with Gasteiger partial charge in [-0.1, -0.05) is 86.3 Å². The number of piperidine rings is 1. The lowest BCUT2D eigenvalue weighted by atomic mass is 9.74. The first kappa shape index (κ1) is 36.4. The normalized spacial score (nSPS) is 16.9. The average molecular weight is 680 g/mol. The lowest BCUT2D eigenvalue weighted by Gasteiger charge is -2.44. The van der Waals surface area contributed by atoms with E-state index in [1.54, 1.807) is 0 Å². The van der Waals surface area contributed by atoms with E-state index in [0.29, 0.717) is 36.8 Å². The lowest BCUT2D eigenvalue weighted by Crippen LogP contribution is -2.52. The van der Waals surface area contributed by atoms with Gasteiger partial charge in [-0.25, -0.2) is 0 Å². The number of nitrogens with one attached hydrogen (secondary N) is 1. The molecule has 3 aromatic rings. The number of carbonyl (C=O) groups excluding carboxylic acids is 3. The first-order valence-corrected chi connectivity index (χ1v) is 17.1. The standard InChI is InChI=1S/C38H47ClN4O3.ClH/c1-27(29-9-8-10-30(26-29)33-11-4-5-12-34(33)36(45)41-22-21-40)43(35(44)25-28-13-15-31(39)16-14-28)32-17-23-42(24-18-32)37(46)38(2)19-6-3-7-20-38;/h4-5,8-16,26-27,32H,3,6-7,17-25,40H2,1-2H3,(H,41,45);1H. The Kier molecular flexibility index (Phi) is 12.9.